The van der Waals surface area contributed by atoms with E-state index in [1.54, 1.807) is 24.3 Å². The Morgan fingerprint density at radius 3 is 2.38 bits per heavy atom. The molecule has 0 saturated carbocycles. The fourth-order valence-corrected chi connectivity index (χ4v) is 3.60. The first-order valence-electron chi connectivity index (χ1n) is 7.65. The van der Waals surface area contributed by atoms with Crippen LogP contribution in [-0.4, -0.2) is 33.7 Å². The summed E-state index contributed by atoms with van der Waals surface area (Å²) < 4.78 is 30.6. The van der Waals surface area contributed by atoms with E-state index in [9.17, 15) is 13.2 Å². The number of anilines is 2. The molecule has 2 aromatic carbocycles. The summed E-state index contributed by atoms with van der Waals surface area (Å²) in [6, 6.07) is 11.2. The van der Waals surface area contributed by atoms with Crippen LogP contribution in [0.15, 0.2) is 42.5 Å². The Kier molecular flexibility index (Phi) is 6.75. The number of nitrogens with one attached hydrogen (secondary N) is 1. The van der Waals surface area contributed by atoms with E-state index in [-0.39, 0.29) is 15.7 Å². The van der Waals surface area contributed by atoms with Crippen molar-refractivity contribution >= 4 is 50.5 Å². The van der Waals surface area contributed by atoms with Crippen molar-refractivity contribution in [2.45, 2.75) is 6.92 Å². The second kappa shape index (κ2) is 8.62. The first kappa shape index (κ1) is 20.4. The van der Waals surface area contributed by atoms with Gasteiger partial charge in [-0.05, 0) is 37.3 Å². The van der Waals surface area contributed by atoms with E-state index in [4.69, 9.17) is 27.9 Å². The highest BCUT2D eigenvalue weighted by Crippen LogP contribution is 2.27. The van der Waals surface area contributed by atoms with E-state index in [1.807, 2.05) is 6.92 Å². The van der Waals surface area contributed by atoms with Crippen molar-refractivity contribution in [1.82, 2.24) is 0 Å². The lowest BCUT2D eigenvalue weighted by molar-refractivity contribution is -0.114. The van der Waals surface area contributed by atoms with E-state index in [1.165, 1.54) is 18.2 Å². The van der Waals surface area contributed by atoms with Crippen LogP contribution in [0.5, 0.6) is 5.75 Å². The third kappa shape index (κ3) is 5.79. The molecule has 0 atom stereocenters. The Balaban J connectivity index is 2.21. The van der Waals surface area contributed by atoms with Crippen LogP contribution in [0.3, 0.4) is 0 Å². The first-order chi connectivity index (χ1) is 12.2. The molecule has 9 heteroatoms. The molecule has 0 bridgehead atoms. The zero-order valence-corrected chi connectivity index (χ0v) is 16.5. The minimum atomic E-state index is -3.73. The summed E-state index contributed by atoms with van der Waals surface area (Å²) in [7, 11) is -3.73. The summed E-state index contributed by atoms with van der Waals surface area (Å²) in [6.45, 7) is 1.93. The van der Waals surface area contributed by atoms with Gasteiger partial charge in [-0.2, -0.15) is 0 Å². The molecule has 1 N–H and O–H groups in total. The number of carbonyl (C=O) groups excluding carboxylic acids is 1. The predicted octanol–water partition coefficient (Wildman–Crippen LogP) is 3.80. The van der Waals surface area contributed by atoms with Gasteiger partial charge in [0.25, 0.3) is 0 Å². The number of benzene rings is 2. The zero-order chi connectivity index (χ0) is 19.3. The van der Waals surface area contributed by atoms with Crippen LogP contribution in [0.1, 0.15) is 6.92 Å². The predicted molar refractivity (Wildman–Crippen MR) is 105 cm³/mol. The summed E-state index contributed by atoms with van der Waals surface area (Å²) in [4.78, 5) is 12.4. The van der Waals surface area contributed by atoms with Gasteiger partial charge >= 0.3 is 0 Å². The molecule has 0 aliphatic heterocycles. The maximum Gasteiger partial charge on any atom is 0.245 e. The Labute approximate surface area is 162 Å². The third-order valence-corrected chi connectivity index (χ3v) is 4.83. The number of hydrogen-bond acceptors (Lipinski definition) is 4. The van der Waals surface area contributed by atoms with Gasteiger partial charge in [-0.15, -0.1) is 0 Å². The van der Waals surface area contributed by atoms with Crippen molar-refractivity contribution in [3.05, 3.63) is 52.5 Å². The van der Waals surface area contributed by atoms with Gasteiger partial charge in [0.2, 0.25) is 15.9 Å². The summed E-state index contributed by atoms with van der Waals surface area (Å²) >= 11 is 11.9. The van der Waals surface area contributed by atoms with Crippen LogP contribution in [0.2, 0.25) is 10.0 Å². The number of nitrogens with zero attached hydrogens (tertiary/aromatic N) is 1. The van der Waals surface area contributed by atoms with Gasteiger partial charge < -0.3 is 10.1 Å². The fraction of sp³-hybridized carbons (Fsp3) is 0.235. The number of rotatable bonds is 7. The van der Waals surface area contributed by atoms with Crippen molar-refractivity contribution < 1.29 is 17.9 Å². The molecule has 26 heavy (non-hydrogen) atoms. The highest BCUT2D eigenvalue weighted by atomic mass is 35.5. The molecule has 0 radical (unpaired) electrons. The van der Waals surface area contributed by atoms with Crippen molar-refractivity contribution in [2.75, 3.05) is 29.0 Å². The molecule has 0 saturated heterocycles. The van der Waals surface area contributed by atoms with Crippen molar-refractivity contribution in [3.63, 3.8) is 0 Å². The Hall–Kier alpha value is -1.96. The normalized spacial score (nSPS) is 11.1. The van der Waals surface area contributed by atoms with Gasteiger partial charge in [0.05, 0.1) is 18.6 Å². The Morgan fingerprint density at radius 2 is 1.81 bits per heavy atom. The molecule has 0 aliphatic rings. The van der Waals surface area contributed by atoms with E-state index >= 15 is 0 Å². The van der Waals surface area contributed by atoms with Crippen LogP contribution in [0, 0.1) is 0 Å². The summed E-state index contributed by atoms with van der Waals surface area (Å²) in [6.07, 6.45) is 1.00. The second-order valence-electron chi connectivity index (χ2n) is 5.41. The topological polar surface area (TPSA) is 75.7 Å². The molecule has 6 nitrogen and oxygen atoms in total. The number of halogens is 2. The molecule has 0 spiro atoms. The minimum absolute atomic E-state index is 0.211. The summed E-state index contributed by atoms with van der Waals surface area (Å²) in [5.41, 5.74) is 0.710. The molecule has 140 valence electrons. The molecule has 0 fully saturated rings. The highest BCUT2D eigenvalue weighted by Gasteiger charge is 2.22. The van der Waals surface area contributed by atoms with Gasteiger partial charge in [-0.25, -0.2) is 8.42 Å². The lowest BCUT2D eigenvalue weighted by Gasteiger charge is -2.22. The molecule has 0 unspecified atom stereocenters. The maximum absolute atomic E-state index is 12.4. The molecule has 2 rings (SSSR count). The van der Waals surface area contributed by atoms with Gasteiger partial charge in [0.15, 0.2) is 0 Å². The van der Waals surface area contributed by atoms with E-state index in [0.29, 0.717) is 18.0 Å². The van der Waals surface area contributed by atoms with Gasteiger partial charge in [-0.3, -0.25) is 9.10 Å². The third-order valence-electron chi connectivity index (χ3n) is 3.25. The summed E-state index contributed by atoms with van der Waals surface area (Å²) in [5, 5.41) is 3.19. The molecule has 0 aromatic heterocycles. The Bertz CT molecular complexity index is 883. The number of ether oxygens (including phenoxy) is 1. The molecule has 1 amide bonds. The lowest BCUT2D eigenvalue weighted by atomic mass is 10.3. The molecular formula is C17H18Cl2N2O4S. The first-order valence-corrected chi connectivity index (χ1v) is 10.3. The Morgan fingerprint density at radius 1 is 1.15 bits per heavy atom. The van der Waals surface area contributed by atoms with Crippen molar-refractivity contribution in [2.24, 2.45) is 0 Å². The molecular weight excluding hydrogens is 399 g/mol. The number of sulfonamides is 1. The number of carbonyl (C=O) groups is 1. The van der Waals surface area contributed by atoms with E-state index in [2.05, 4.69) is 5.32 Å². The monoisotopic (exact) mass is 416 g/mol. The SMILES string of the molecule is CCOc1cccc(NC(=O)CN(c2cc(Cl)cc(Cl)c2)S(C)(=O)=O)c1. The average Bonchev–Trinajstić information content (AvgIpc) is 2.51. The van der Waals surface area contributed by atoms with E-state index < -0.39 is 22.5 Å². The fourth-order valence-electron chi connectivity index (χ4n) is 2.24. The zero-order valence-electron chi connectivity index (χ0n) is 14.2. The molecule has 2 aromatic rings. The lowest BCUT2D eigenvalue weighted by Crippen LogP contribution is -2.37. The molecule has 0 aliphatic carbocycles. The van der Waals surface area contributed by atoms with Gasteiger partial charge in [0, 0.05) is 21.8 Å². The largest absolute Gasteiger partial charge is 0.494 e. The van der Waals surface area contributed by atoms with Gasteiger partial charge in [0.1, 0.15) is 12.3 Å². The minimum Gasteiger partial charge on any atom is -0.494 e. The number of hydrogen-bond donors (Lipinski definition) is 1. The smallest absolute Gasteiger partial charge is 0.245 e. The van der Waals surface area contributed by atoms with E-state index in [0.717, 1.165) is 10.6 Å². The highest BCUT2D eigenvalue weighted by molar-refractivity contribution is 7.92. The van der Waals surface area contributed by atoms with Crippen LogP contribution in [-0.2, 0) is 14.8 Å². The van der Waals surface area contributed by atoms with Crippen LogP contribution >= 0.6 is 23.2 Å². The van der Waals surface area contributed by atoms with Crippen LogP contribution < -0.4 is 14.4 Å². The standard InChI is InChI=1S/C17H18Cl2N2O4S/c1-3-25-16-6-4-5-14(10-16)20-17(22)11-21(26(2,23)24)15-8-12(18)7-13(19)9-15/h4-10H,3,11H2,1-2H3,(H,20,22). The second-order valence-corrected chi connectivity index (χ2v) is 8.19. The quantitative estimate of drug-likeness (QED) is 0.744. The maximum atomic E-state index is 12.4. The number of amides is 1. The van der Waals surface area contributed by atoms with Gasteiger partial charge in [-0.1, -0.05) is 29.3 Å². The average molecular weight is 417 g/mol. The van der Waals surface area contributed by atoms with Crippen molar-refractivity contribution in [1.29, 1.82) is 0 Å². The summed E-state index contributed by atoms with van der Waals surface area (Å²) in [5.74, 6) is 0.0899. The van der Waals surface area contributed by atoms with Crippen molar-refractivity contribution in [3.8, 4) is 5.75 Å². The van der Waals surface area contributed by atoms with Crippen LogP contribution in [0.25, 0.3) is 0 Å². The van der Waals surface area contributed by atoms with Crippen LogP contribution in [0.4, 0.5) is 11.4 Å². The molecule has 0 heterocycles.